The third-order valence-corrected chi connectivity index (χ3v) is 9.42. The molecule has 230 valence electrons. The summed E-state index contributed by atoms with van der Waals surface area (Å²) in [6, 6.07) is 28.9. The molecule has 2 fully saturated rings. The van der Waals surface area contributed by atoms with Crippen molar-refractivity contribution in [2.45, 2.75) is 12.8 Å². The molecule has 6 rings (SSSR count). The number of morpholine rings is 1. The molecule has 0 unspecified atom stereocenters. The number of thioether (sulfide) groups is 1. The SMILES string of the molecule is N=C(N)Cc1ccc(CCN2C(=O)/C(=C/c3ccc(OCCN4CCOCC4)c(-c4ccc5ccccc5c4)c3)SC2=S)cc1. The summed E-state index contributed by atoms with van der Waals surface area (Å²) in [5.41, 5.74) is 10.6. The standard InChI is InChI=1S/C36H36N4O3S2/c37-34(38)23-26-7-5-25(6-8-26)13-14-40-35(41)33(45-36(40)44)22-27-9-12-32(43-20-17-39-15-18-42-19-16-39)31(21-27)30-11-10-28-3-1-2-4-29(28)24-30/h1-12,21-22,24H,13-20,23H2,(H3,37,38)/b33-22-. The van der Waals surface area contributed by atoms with Gasteiger partial charge in [0.1, 0.15) is 16.7 Å². The predicted molar refractivity (Wildman–Crippen MR) is 188 cm³/mol. The van der Waals surface area contributed by atoms with Crippen LogP contribution in [0.15, 0.2) is 89.8 Å². The van der Waals surface area contributed by atoms with Gasteiger partial charge in [0.25, 0.3) is 5.91 Å². The second-order valence-corrected chi connectivity index (χ2v) is 12.9. The maximum Gasteiger partial charge on any atom is 0.266 e. The quantitative estimate of drug-likeness (QED) is 0.0885. The summed E-state index contributed by atoms with van der Waals surface area (Å²) in [5, 5.41) is 9.83. The summed E-state index contributed by atoms with van der Waals surface area (Å²) in [7, 11) is 0. The highest BCUT2D eigenvalue weighted by Gasteiger charge is 2.31. The molecular formula is C36H36N4O3S2. The second kappa shape index (κ2) is 14.4. The summed E-state index contributed by atoms with van der Waals surface area (Å²) in [4.78, 5) is 18.1. The van der Waals surface area contributed by atoms with Gasteiger partial charge in [-0.15, -0.1) is 0 Å². The van der Waals surface area contributed by atoms with E-state index in [1.807, 2.05) is 54.6 Å². The predicted octanol–water partition coefficient (Wildman–Crippen LogP) is 6.14. The number of hydrogen-bond donors (Lipinski definition) is 2. The first-order chi connectivity index (χ1) is 21.9. The summed E-state index contributed by atoms with van der Waals surface area (Å²) in [6.45, 7) is 5.30. The molecule has 0 bridgehead atoms. The zero-order chi connectivity index (χ0) is 31.2. The largest absolute Gasteiger partial charge is 0.492 e. The number of amidine groups is 1. The fraction of sp³-hybridized carbons (Fsp3) is 0.250. The van der Waals surface area contributed by atoms with Crippen molar-refractivity contribution < 1.29 is 14.3 Å². The van der Waals surface area contributed by atoms with Crippen LogP contribution in [0, 0.1) is 5.41 Å². The highest BCUT2D eigenvalue weighted by molar-refractivity contribution is 8.26. The molecule has 1 amide bonds. The van der Waals surface area contributed by atoms with Gasteiger partial charge in [0.15, 0.2) is 0 Å². The molecular weight excluding hydrogens is 601 g/mol. The monoisotopic (exact) mass is 636 g/mol. The Kier molecular flexibility index (Phi) is 9.91. The number of carbonyl (C=O) groups is 1. The van der Waals surface area contributed by atoms with E-state index in [4.69, 9.17) is 32.8 Å². The number of fused-ring (bicyclic) bond motifs is 1. The van der Waals surface area contributed by atoms with E-state index in [0.29, 0.717) is 35.2 Å². The van der Waals surface area contributed by atoms with Gasteiger partial charge in [0.2, 0.25) is 0 Å². The highest BCUT2D eigenvalue weighted by Crippen LogP contribution is 2.36. The fourth-order valence-electron chi connectivity index (χ4n) is 5.58. The van der Waals surface area contributed by atoms with Crippen molar-refractivity contribution in [1.82, 2.24) is 9.80 Å². The topological polar surface area (TPSA) is 91.9 Å². The molecule has 2 aliphatic rings. The van der Waals surface area contributed by atoms with Crippen molar-refractivity contribution in [3.63, 3.8) is 0 Å². The number of nitrogens with two attached hydrogens (primary N) is 1. The third-order valence-electron chi connectivity index (χ3n) is 8.05. The lowest BCUT2D eigenvalue weighted by atomic mass is 9.98. The maximum absolute atomic E-state index is 13.5. The van der Waals surface area contributed by atoms with E-state index in [2.05, 4.69) is 41.3 Å². The number of rotatable bonds is 11. The smallest absolute Gasteiger partial charge is 0.266 e. The molecule has 4 aromatic rings. The lowest BCUT2D eigenvalue weighted by molar-refractivity contribution is -0.122. The molecule has 2 heterocycles. The first-order valence-corrected chi connectivity index (χ1v) is 16.4. The Morgan fingerprint density at radius 1 is 0.956 bits per heavy atom. The van der Waals surface area contributed by atoms with Gasteiger partial charge in [0.05, 0.1) is 24.0 Å². The van der Waals surface area contributed by atoms with Crippen molar-refractivity contribution in [1.29, 1.82) is 5.41 Å². The summed E-state index contributed by atoms with van der Waals surface area (Å²) < 4.78 is 12.4. The molecule has 0 aliphatic carbocycles. The van der Waals surface area contributed by atoms with Crippen molar-refractivity contribution >= 4 is 56.9 Å². The highest BCUT2D eigenvalue weighted by atomic mass is 32.2. The lowest BCUT2D eigenvalue weighted by Gasteiger charge is -2.26. The van der Waals surface area contributed by atoms with Crippen LogP contribution in [0.3, 0.4) is 0 Å². The van der Waals surface area contributed by atoms with E-state index in [0.717, 1.165) is 71.8 Å². The molecule has 4 aromatic carbocycles. The van der Waals surface area contributed by atoms with E-state index >= 15 is 0 Å². The number of thiocarbonyl (C=S) groups is 1. The van der Waals surface area contributed by atoms with Gasteiger partial charge in [-0.2, -0.15) is 0 Å². The van der Waals surface area contributed by atoms with Crippen LogP contribution in [0.2, 0.25) is 0 Å². The molecule has 0 radical (unpaired) electrons. The average Bonchev–Trinajstić information content (AvgIpc) is 3.32. The molecule has 2 saturated heterocycles. The first kappa shape index (κ1) is 31.0. The van der Waals surface area contributed by atoms with Crippen molar-refractivity contribution in [3.05, 3.63) is 107 Å². The minimum absolute atomic E-state index is 0.0729. The molecule has 9 heteroatoms. The van der Waals surface area contributed by atoms with E-state index in [9.17, 15) is 4.79 Å². The Hall–Kier alpha value is -4.02. The molecule has 0 atom stereocenters. The van der Waals surface area contributed by atoms with Gasteiger partial charge in [-0.3, -0.25) is 20.0 Å². The van der Waals surface area contributed by atoms with E-state index in [-0.39, 0.29) is 11.7 Å². The maximum atomic E-state index is 13.5. The molecule has 45 heavy (non-hydrogen) atoms. The number of nitrogens with one attached hydrogen (secondary N) is 1. The van der Waals surface area contributed by atoms with Crippen LogP contribution in [-0.2, 0) is 22.4 Å². The Morgan fingerprint density at radius 3 is 2.49 bits per heavy atom. The van der Waals surface area contributed by atoms with Gasteiger partial charge in [-0.1, -0.05) is 90.7 Å². The third kappa shape index (κ3) is 7.80. The number of nitrogens with zero attached hydrogens (tertiary/aromatic N) is 2. The van der Waals surface area contributed by atoms with E-state index < -0.39 is 0 Å². The molecule has 0 aromatic heterocycles. The Balaban J connectivity index is 1.20. The molecule has 7 nitrogen and oxygen atoms in total. The van der Waals surface area contributed by atoms with Crippen molar-refractivity contribution in [2.75, 3.05) is 46.0 Å². The van der Waals surface area contributed by atoms with Gasteiger partial charge < -0.3 is 15.2 Å². The van der Waals surface area contributed by atoms with Crippen LogP contribution in [0.5, 0.6) is 5.75 Å². The van der Waals surface area contributed by atoms with Gasteiger partial charge >= 0.3 is 0 Å². The second-order valence-electron chi connectivity index (χ2n) is 11.2. The van der Waals surface area contributed by atoms with Gasteiger partial charge in [-0.05, 0) is 63.7 Å². The van der Waals surface area contributed by atoms with Crippen molar-refractivity contribution in [3.8, 4) is 16.9 Å². The number of ether oxygens (including phenoxy) is 2. The Bertz CT molecular complexity index is 1750. The summed E-state index contributed by atoms with van der Waals surface area (Å²) in [6.07, 6.45) is 3.05. The molecule has 3 N–H and O–H groups in total. The van der Waals surface area contributed by atoms with Crippen LogP contribution in [0.25, 0.3) is 28.0 Å². The Labute approximate surface area is 273 Å². The zero-order valence-electron chi connectivity index (χ0n) is 25.0. The van der Waals surface area contributed by atoms with Crippen LogP contribution >= 0.6 is 24.0 Å². The van der Waals surface area contributed by atoms with Gasteiger partial charge in [-0.25, -0.2) is 0 Å². The zero-order valence-corrected chi connectivity index (χ0v) is 26.7. The number of hydrogen-bond acceptors (Lipinski definition) is 7. The molecule has 0 spiro atoms. The number of amides is 1. The first-order valence-electron chi connectivity index (χ1n) is 15.2. The van der Waals surface area contributed by atoms with Crippen LogP contribution < -0.4 is 10.5 Å². The van der Waals surface area contributed by atoms with Crippen LogP contribution in [0.1, 0.15) is 16.7 Å². The summed E-state index contributed by atoms with van der Waals surface area (Å²) >= 11 is 6.96. The number of carbonyl (C=O) groups excluding carboxylic acids is 1. The lowest BCUT2D eigenvalue weighted by Crippen LogP contribution is -2.38. The Morgan fingerprint density at radius 2 is 1.71 bits per heavy atom. The average molecular weight is 637 g/mol. The molecule has 2 aliphatic heterocycles. The minimum Gasteiger partial charge on any atom is -0.492 e. The van der Waals surface area contributed by atoms with Gasteiger partial charge in [0, 0.05) is 38.2 Å². The number of benzene rings is 4. The fourth-order valence-corrected chi connectivity index (χ4v) is 6.89. The van der Waals surface area contributed by atoms with Crippen molar-refractivity contribution in [2.24, 2.45) is 5.73 Å². The summed E-state index contributed by atoms with van der Waals surface area (Å²) in [5.74, 6) is 0.885. The minimum atomic E-state index is -0.0729. The molecule has 0 saturated carbocycles. The normalized spacial score (nSPS) is 16.5. The van der Waals surface area contributed by atoms with E-state index in [1.54, 1.807) is 4.90 Å². The van der Waals surface area contributed by atoms with Crippen LogP contribution in [0.4, 0.5) is 0 Å². The van der Waals surface area contributed by atoms with Crippen LogP contribution in [-0.4, -0.2) is 71.9 Å². The van der Waals surface area contributed by atoms with E-state index in [1.165, 1.54) is 17.1 Å².